The summed E-state index contributed by atoms with van der Waals surface area (Å²) in [5.74, 6) is -2.21. The monoisotopic (exact) mass is 415 g/mol. The first kappa shape index (κ1) is 20.1. The van der Waals surface area contributed by atoms with Gasteiger partial charge in [-0.05, 0) is 44.0 Å². The van der Waals surface area contributed by atoms with E-state index in [9.17, 15) is 18.4 Å². The van der Waals surface area contributed by atoms with Gasteiger partial charge in [-0.15, -0.1) is 0 Å². The summed E-state index contributed by atoms with van der Waals surface area (Å²) < 4.78 is 33.5. The zero-order valence-corrected chi connectivity index (χ0v) is 17.0. The number of hydrogen-bond donors (Lipinski definition) is 2. The van der Waals surface area contributed by atoms with Gasteiger partial charge in [0, 0.05) is 36.8 Å². The third-order valence-corrected chi connectivity index (χ3v) is 5.52. The van der Waals surface area contributed by atoms with E-state index in [1.54, 1.807) is 37.9 Å². The average molecular weight is 415 g/mol. The fourth-order valence-electron chi connectivity index (χ4n) is 4.01. The van der Waals surface area contributed by atoms with Gasteiger partial charge in [-0.25, -0.2) is 9.18 Å². The van der Waals surface area contributed by atoms with E-state index in [-0.39, 0.29) is 11.7 Å². The van der Waals surface area contributed by atoms with Crippen molar-refractivity contribution in [3.8, 4) is 5.75 Å². The number of amides is 3. The third kappa shape index (κ3) is 3.69. The van der Waals surface area contributed by atoms with Crippen LogP contribution in [0.4, 0.5) is 25.0 Å². The van der Waals surface area contributed by atoms with Crippen molar-refractivity contribution in [3.63, 3.8) is 0 Å². The third-order valence-electron chi connectivity index (χ3n) is 5.52. The number of aryl methyl sites for hydroxylation is 1. The summed E-state index contributed by atoms with van der Waals surface area (Å²) in [5, 5.41) is 5.59. The molecule has 1 atom stereocenters. The number of halogens is 2. The first-order valence-electron chi connectivity index (χ1n) is 9.78. The van der Waals surface area contributed by atoms with E-state index in [0.29, 0.717) is 30.5 Å². The zero-order valence-electron chi connectivity index (χ0n) is 17.0. The fraction of sp³-hybridized carbons (Fsp3) is 0.364. The maximum atomic E-state index is 14.3. The van der Waals surface area contributed by atoms with Gasteiger partial charge in [-0.1, -0.05) is 12.1 Å². The van der Waals surface area contributed by atoms with Gasteiger partial charge in [0.25, 0.3) is 0 Å². The van der Waals surface area contributed by atoms with Gasteiger partial charge >= 0.3 is 6.03 Å². The molecule has 0 saturated heterocycles. The Kier molecular flexibility index (Phi) is 4.88. The first-order chi connectivity index (χ1) is 14.1. The topological polar surface area (TPSA) is 70.7 Å². The van der Waals surface area contributed by atoms with Crippen LogP contribution >= 0.6 is 0 Å². The Morgan fingerprint density at radius 2 is 1.97 bits per heavy atom. The van der Waals surface area contributed by atoms with Crippen molar-refractivity contribution in [1.29, 1.82) is 0 Å². The van der Waals surface area contributed by atoms with Crippen LogP contribution < -0.4 is 20.3 Å². The van der Waals surface area contributed by atoms with Crippen molar-refractivity contribution in [1.82, 2.24) is 5.32 Å². The lowest BCUT2D eigenvalue weighted by molar-refractivity contribution is -0.118. The Labute approximate surface area is 173 Å². The number of rotatable bonds is 2. The fourth-order valence-corrected chi connectivity index (χ4v) is 4.01. The predicted molar refractivity (Wildman–Crippen MR) is 109 cm³/mol. The predicted octanol–water partition coefficient (Wildman–Crippen LogP) is 4.30. The highest BCUT2D eigenvalue weighted by Crippen LogP contribution is 2.41. The van der Waals surface area contributed by atoms with Crippen LogP contribution in [0.3, 0.4) is 0 Å². The molecule has 2 N–H and O–H groups in total. The van der Waals surface area contributed by atoms with Crippen molar-refractivity contribution in [3.05, 3.63) is 53.1 Å². The molecule has 4 rings (SSSR count). The molecule has 2 heterocycles. The maximum absolute atomic E-state index is 14.3. The molecule has 0 saturated carbocycles. The summed E-state index contributed by atoms with van der Waals surface area (Å²) in [7, 11) is 1.71. The van der Waals surface area contributed by atoms with Crippen molar-refractivity contribution in [2.24, 2.45) is 0 Å². The van der Waals surface area contributed by atoms with Crippen LogP contribution in [0.1, 0.15) is 43.9 Å². The lowest BCUT2D eigenvalue weighted by Gasteiger charge is -2.38. The molecular weight excluding hydrogens is 392 g/mol. The summed E-state index contributed by atoms with van der Waals surface area (Å²) in [5.41, 5.74) is 1.94. The Morgan fingerprint density at radius 1 is 1.20 bits per heavy atom. The zero-order chi connectivity index (χ0) is 21.6. The molecule has 8 heteroatoms. The summed E-state index contributed by atoms with van der Waals surface area (Å²) in [6, 6.07) is 6.83. The molecule has 30 heavy (non-hydrogen) atoms. The lowest BCUT2D eigenvalue weighted by Crippen LogP contribution is -2.43. The van der Waals surface area contributed by atoms with Gasteiger partial charge in [0.2, 0.25) is 11.7 Å². The number of ether oxygens (including phenoxy) is 1. The van der Waals surface area contributed by atoms with Crippen molar-refractivity contribution in [2.45, 2.75) is 44.8 Å². The lowest BCUT2D eigenvalue weighted by atomic mass is 9.89. The normalized spacial score (nSPS) is 19.4. The van der Waals surface area contributed by atoms with Crippen molar-refractivity contribution < 1.29 is 23.1 Å². The van der Waals surface area contributed by atoms with E-state index >= 15 is 0 Å². The van der Waals surface area contributed by atoms with Gasteiger partial charge in [0.1, 0.15) is 5.60 Å². The molecule has 158 valence electrons. The molecule has 2 aromatic carbocycles. The number of benzene rings is 2. The van der Waals surface area contributed by atoms with Crippen LogP contribution in [0.5, 0.6) is 5.75 Å². The van der Waals surface area contributed by atoms with Crippen LogP contribution in [0, 0.1) is 11.6 Å². The SMILES string of the molecule is CN1C(=O)CCc2ccc(NC(=O)N[C@@H]3CC(C)(C)Oc4c3ccc(F)c4F)cc21. The van der Waals surface area contributed by atoms with Gasteiger partial charge in [0.15, 0.2) is 11.6 Å². The molecule has 2 aromatic rings. The largest absolute Gasteiger partial charge is 0.484 e. The Balaban J connectivity index is 1.54. The second kappa shape index (κ2) is 7.27. The number of anilines is 2. The van der Waals surface area contributed by atoms with E-state index in [4.69, 9.17) is 4.74 Å². The molecule has 2 aliphatic heterocycles. The van der Waals surface area contributed by atoms with Gasteiger partial charge < -0.3 is 20.3 Å². The molecule has 0 aromatic heterocycles. The summed E-state index contributed by atoms with van der Waals surface area (Å²) in [4.78, 5) is 26.2. The molecule has 0 fully saturated rings. The molecule has 0 aliphatic carbocycles. The number of carbonyl (C=O) groups excluding carboxylic acids is 2. The summed E-state index contributed by atoms with van der Waals surface area (Å²) >= 11 is 0. The average Bonchev–Trinajstić information content (AvgIpc) is 2.67. The highest BCUT2D eigenvalue weighted by atomic mass is 19.2. The van der Waals surface area contributed by atoms with Crippen LogP contribution in [-0.2, 0) is 11.2 Å². The second-order valence-electron chi connectivity index (χ2n) is 8.29. The van der Waals surface area contributed by atoms with Gasteiger partial charge in [-0.3, -0.25) is 4.79 Å². The van der Waals surface area contributed by atoms with Crippen LogP contribution in [0.25, 0.3) is 0 Å². The van der Waals surface area contributed by atoms with E-state index in [2.05, 4.69) is 10.6 Å². The second-order valence-corrected chi connectivity index (χ2v) is 8.29. The minimum atomic E-state index is -1.06. The first-order valence-corrected chi connectivity index (χ1v) is 9.78. The van der Waals surface area contributed by atoms with Crippen LogP contribution in [-0.4, -0.2) is 24.6 Å². The summed E-state index contributed by atoms with van der Waals surface area (Å²) in [6.07, 6.45) is 1.52. The summed E-state index contributed by atoms with van der Waals surface area (Å²) in [6.45, 7) is 3.51. The highest BCUT2D eigenvalue weighted by molar-refractivity contribution is 5.97. The Morgan fingerprint density at radius 3 is 2.73 bits per heavy atom. The molecule has 0 radical (unpaired) electrons. The van der Waals surface area contributed by atoms with E-state index in [1.165, 1.54) is 6.07 Å². The quantitative estimate of drug-likeness (QED) is 0.768. The number of fused-ring (bicyclic) bond motifs is 2. The standard InChI is InChI=1S/C22H23F2N3O3/c1-22(2)11-16(14-7-8-15(23)19(24)20(14)30-22)26-21(29)25-13-6-4-12-5-9-18(28)27(3)17(12)10-13/h4,6-8,10,16H,5,9,11H2,1-3H3,(H2,25,26,29)/t16-/m1/s1. The van der Waals surface area contributed by atoms with E-state index in [0.717, 1.165) is 17.3 Å². The number of carbonyl (C=O) groups is 2. The molecule has 3 amide bonds. The number of nitrogens with one attached hydrogen (secondary N) is 2. The smallest absolute Gasteiger partial charge is 0.319 e. The molecule has 2 aliphatic rings. The molecule has 0 unspecified atom stereocenters. The molecule has 0 bridgehead atoms. The molecule has 6 nitrogen and oxygen atoms in total. The Bertz CT molecular complexity index is 1040. The number of nitrogens with zero attached hydrogens (tertiary/aromatic N) is 1. The van der Waals surface area contributed by atoms with Crippen molar-refractivity contribution >= 4 is 23.3 Å². The molecular formula is C22H23F2N3O3. The number of urea groups is 1. The number of hydrogen-bond acceptors (Lipinski definition) is 3. The Hall–Kier alpha value is -3.16. The maximum Gasteiger partial charge on any atom is 0.319 e. The molecule has 0 spiro atoms. The minimum absolute atomic E-state index is 0.0272. The van der Waals surface area contributed by atoms with Gasteiger partial charge in [0.05, 0.1) is 6.04 Å². The van der Waals surface area contributed by atoms with E-state index in [1.807, 2.05) is 6.07 Å². The van der Waals surface area contributed by atoms with Gasteiger partial charge in [-0.2, -0.15) is 4.39 Å². The van der Waals surface area contributed by atoms with E-state index < -0.39 is 29.3 Å². The van der Waals surface area contributed by atoms with Crippen LogP contribution in [0.15, 0.2) is 30.3 Å². The highest BCUT2D eigenvalue weighted by Gasteiger charge is 2.37. The minimum Gasteiger partial charge on any atom is -0.484 e. The van der Waals surface area contributed by atoms with Crippen molar-refractivity contribution in [2.75, 3.05) is 17.3 Å². The van der Waals surface area contributed by atoms with Crippen LogP contribution in [0.2, 0.25) is 0 Å².